The van der Waals surface area contributed by atoms with Crippen molar-refractivity contribution in [3.8, 4) is 0 Å². The molecule has 0 spiro atoms. The summed E-state index contributed by atoms with van der Waals surface area (Å²) in [5.41, 5.74) is 2.20. The molecule has 0 saturated heterocycles. The molecule has 0 saturated carbocycles. The Kier molecular flexibility index (Phi) is 12.8. The van der Waals surface area contributed by atoms with Crippen LogP contribution in [0.25, 0.3) is 0 Å². The molecule has 4 nitrogen and oxygen atoms in total. The largest absolute Gasteiger partial charge is 1.00 e. The first-order valence-electron chi connectivity index (χ1n) is 8.04. The van der Waals surface area contributed by atoms with Crippen LogP contribution in [0.1, 0.15) is 47.9 Å². The number of halogens is 1. The van der Waals surface area contributed by atoms with Crippen LogP contribution in [0.2, 0.25) is 0 Å². The van der Waals surface area contributed by atoms with Gasteiger partial charge in [0, 0.05) is 23.6 Å². The number of Topliss-reactive ketones (excluding diaryl/α,β-unsaturated/α-hetero) is 1. The van der Waals surface area contributed by atoms with E-state index < -0.39 is 0 Å². The maximum atomic E-state index is 12.4. The van der Waals surface area contributed by atoms with E-state index >= 15 is 0 Å². The molecule has 0 aromatic heterocycles. The molecular formula is C17H27ClLiNO3S. The minimum absolute atomic E-state index is 0. The Hall–Kier alpha value is -0.343. The quantitative estimate of drug-likeness (QED) is 0.293. The van der Waals surface area contributed by atoms with Gasteiger partial charge in [-0.2, -0.15) is 11.8 Å². The standard InChI is InChI=1S/C17H26ClNO3S.Li.H/c1-4-14(19-22-8-6-7-18)17-15(20)10-13(11-16(17)21)9-12(3)23-5-2;;/h6-7,12-13,20H,4-5,8-11H2,1-3H3;;/q;+1;-1/b7-6+,19-14+;;. The van der Waals surface area contributed by atoms with Gasteiger partial charge in [-0.25, -0.2) is 0 Å². The Morgan fingerprint density at radius 1 is 1.54 bits per heavy atom. The Labute approximate surface area is 167 Å². The Morgan fingerprint density at radius 3 is 2.79 bits per heavy atom. The van der Waals surface area contributed by atoms with Crippen LogP contribution in [0.15, 0.2) is 28.1 Å². The first kappa shape index (κ1) is 23.7. The molecular weight excluding hydrogens is 341 g/mol. The van der Waals surface area contributed by atoms with Gasteiger partial charge in [0.25, 0.3) is 0 Å². The number of thioether (sulfide) groups is 1. The van der Waals surface area contributed by atoms with Crippen LogP contribution < -0.4 is 18.9 Å². The number of ketones is 1. The number of carbonyl (C=O) groups excluding carboxylic acids is 1. The molecule has 0 aromatic carbocycles. The van der Waals surface area contributed by atoms with Gasteiger partial charge in [0.15, 0.2) is 5.78 Å². The van der Waals surface area contributed by atoms with Gasteiger partial charge in [-0.1, -0.05) is 37.5 Å². The minimum Gasteiger partial charge on any atom is -1.00 e. The predicted molar refractivity (Wildman–Crippen MR) is 99.4 cm³/mol. The number of hydrogen-bond acceptors (Lipinski definition) is 5. The number of oxime groups is 1. The topological polar surface area (TPSA) is 58.9 Å². The molecule has 1 aliphatic rings. The molecule has 0 aliphatic heterocycles. The average Bonchev–Trinajstić information content (AvgIpc) is 2.49. The summed E-state index contributed by atoms with van der Waals surface area (Å²) >= 11 is 7.30. The molecule has 0 bridgehead atoms. The van der Waals surface area contributed by atoms with E-state index in [1.54, 1.807) is 6.08 Å². The number of hydrogen-bond donors (Lipinski definition) is 1. The predicted octanol–water partition coefficient (Wildman–Crippen LogP) is 1.96. The molecule has 0 aromatic rings. The van der Waals surface area contributed by atoms with E-state index in [9.17, 15) is 9.90 Å². The van der Waals surface area contributed by atoms with E-state index in [-0.39, 0.29) is 44.4 Å². The SMILES string of the molecule is CCSC(C)CC1CC(=O)C(/C(CC)=N/OC/C=C/Cl)=C(O)C1.[H-].[Li+]. The first-order valence-corrected chi connectivity index (χ1v) is 9.53. The minimum atomic E-state index is -0.0375. The third-order valence-electron chi connectivity index (χ3n) is 3.70. The molecule has 7 heteroatoms. The van der Waals surface area contributed by atoms with Gasteiger partial charge in [-0.15, -0.1) is 0 Å². The molecule has 0 radical (unpaired) electrons. The summed E-state index contributed by atoms with van der Waals surface area (Å²) in [4.78, 5) is 17.6. The molecule has 132 valence electrons. The molecule has 2 atom stereocenters. The number of rotatable bonds is 9. The summed E-state index contributed by atoms with van der Waals surface area (Å²) in [5.74, 6) is 1.38. The third-order valence-corrected chi connectivity index (χ3v) is 4.97. The molecule has 1 N–H and O–H groups in total. The van der Waals surface area contributed by atoms with Crippen LogP contribution in [-0.2, 0) is 9.63 Å². The fourth-order valence-corrected chi connectivity index (χ4v) is 3.82. The molecule has 1 aliphatic carbocycles. The summed E-state index contributed by atoms with van der Waals surface area (Å²) in [7, 11) is 0. The zero-order chi connectivity index (χ0) is 17.2. The van der Waals surface area contributed by atoms with Crippen molar-refractivity contribution in [2.75, 3.05) is 12.4 Å². The Balaban J connectivity index is 0. The van der Waals surface area contributed by atoms with Gasteiger partial charge in [0.2, 0.25) is 0 Å². The van der Waals surface area contributed by atoms with Crippen LogP contribution in [0.3, 0.4) is 0 Å². The van der Waals surface area contributed by atoms with Crippen molar-refractivity contribution in [2.45, 2.75) is 51.7 Å². The number of carbonyl (C=O) groups is 1. The van der Waals surface area contributed by atoms with Crippen molar-refractivity contribution in [3.63, 3.8) is 0 Å². The number of aliphatic hydroxyl groups is 1. The summed E-state index contributed by atoms with van der Waals surface area (Å²) in [6.45, 7) is 6.43. The van der Waals surface area contributed by atoms with Crippen LogP contribution in [0.5, 0.6) is 0 Å². The summed E-state index contributed by atoms with van der Waals surface area (Å²) in [6.07, 6.45) is 4.09. The monoisotopic (exact) mass is 367 g/mol. The normalized spacial score (nSPS) is 20.2. The van der Waals surface area contributed by atoms with Crippen LogP contribution >= 0.6 is 23.4 Å². The van der Waals surface area contributed by atoms with Crippen molar-refractivity contribution >= 4 is 34.9 Å². The van der Waals surface area contributed by atoms with Gasteiger partial charge in [-0.3, -0.25) is 4.79 Å². The molecule has 1 rings (SSSR count). The zero-order valence-electron chi connectivity index (χ0n) is 16.0. The van der Waals surface area contributed by atoms with Crippen molar-refractivity contribution in [1.82, 2.24) is 0 Å². The number of allylic oxidation sites excluding steroid dienone is 2. The fourth-order valence-electron chi connectivity index (χ4n) is 2.77. The second kappa shape index (κ2) is 12.9. The average molecular weight is 368 g/mol. The molecule has 2 unspecified atom stereocenters. The maximum absolute atomic E-state index is 12.4. The van der Waals surface area contributed by atoms with E-state index in [0.29, 0.717) is 35.8 Å². The molecule has 24 heavy (non-hydrogen) atoms. The van der Waals surface area contributed by atoms with Gasteiger partial charge < -0.3 is 11.4 Å². The van der Waals surface area contributed by atoms with E-state index in [4.69, 9.17) is 16.4 Å². The van der Waals surface area contributed by atoms with Crippen LogP contribution in [0, 0.1) is 5.92 Å². The van der Waals surface area contributed by atoms with Crippen molar-refractivity contribution in [1.29, 1.82) is 0 Å². The van der Waals surface area contributed by atoms with Crippen molar-refractivity contribution in [2.24, 2.45) is 11.1 Å². The summed E-state index contributed by atoms with van der Waals surface area (Å²) in [5, 5.41) is 14.8. The summed E-state index contributed by atoms with van der Waals surface area (Å²) in [6, 6.07) is 0. The van der Waals surface area contributed by atoms with E-state index in [2.05, 4.69) is 19.0 Å². The van der Waals surface area contributed by atoms with Gasteiger partial charge in [0.05, 0.1) is 11.3 Å². The van der Waals surface area contributed by atoms with Crippen LogP contribution in [0.4, 0.5) is 0 Å². The molecule has 0 amide bonds. The van der Waals surface area contributed by atoms with E-state index in [0.717, 1.165) is 12.2 Å². The zero-order valence-corrected chi connectivity index (χ0v) is 16.6. The van der Waals surface area contributed by atoms with Crippen molar-refractivity contribution < 1.29 is 35.0 Å². The smallest absolute Gasteiger partial charge is 1.00 e. The van der Waals surface area contributed by atoms with Gasteiger partial charge in [-0.05, 0) is 30.6 Å². The third kappa shape index (κ3) is 7.69. The number of nitrogens with zero attached hydrogens (tertiary/aromatic N) is 1. The van der Waals surface area contributed by atoms with Crippen LogP contribution in [-0.4, -0.2) is 34.2 Å². The summed E-state index contributed by atoms with van der Waals surface area (Å²) < 4.78 is 0. The second-order valence-electron chi connectivity index (χ2n) is 5.57. The molecule has 0 heterocycles. The Bertz CT molecular complexity index is 500. The maximum Gasteiger partial charge on any atom is 1.00 e. The first-order chi connectivity index (χ1) is 11.0. The molecule has 0 fully saturated rings. The second-order valence-corrected chi connectivity index (χ2v) is 7.54. The fraction of sp³-hybridized carbons (Fsp3) is 0.647. The van der Waals surface area contributed by atoms with Gasteiger partial charge >= 0.3 is 18.9 Å². The van der Waals surface area contributed by atoms with Gasteiger partial charge in [0.1, 0.15) is 12.4 Å². The number of aliphatic hydroxyl groups excluding tert-OH is 1. The van der Waals surface area contributed by atoms with E-state index in [1.165, 1.54) is 5.54 Å². The Morgan fingerprint density at radius 2 is 2.25 bits per heavy atom. The van der Waals surface area contributed by atoms with E-state index in [1.807, 2.05) is 18.7 Å². The van der Waals surface area contributed by atoms with Crippen molar-refractivity contribution in [3.05, 3.63) is 22.9 Å².